The standard InChI is InChI=1S/C26H20ClNO3/c1-14(29)26-19-8-4-2-6-17(19)21(18-7-3-5-9-20(18)26)22-23(26)25(31)28(24(22)30)16-12-10-15(27)11-13-16/h2-14,21-23,29H,1H3/t14-,21?,22-,23+,26?/m0/s1. The molecule has 1 saturated heterocycles. The molecule has 0 aromatic heterocycles. The van der Waals surface area contributed by atoms with E-state index in [1.54, 1.807) is 31.2 Å². The monoisotopic (exact) mass is 429 g/mol. The molecule has 0 unspecified atom stereocenters. The summed E-state index contributed by atoms with van der Waals surface area (Å²) in [5.41, 5.74) is 3.51. The van der Waals surface area contributed by atoms with Gasteiger partial charge in [0, 0.05) is 10.9 Å². The molecule has 3 aromatic carbocycles. The molecular formula is C26H20ClNO3. The number of hydrogen-bond donors (Lipinski definition) is 1. The van der Waals surface area contributed by atoms with E-state index in [2.05, 4.69) is 0 Å². The van der Waals surface area contributed by atoms with Crippen LogP contribution in [0.5, 0.6) is 0 Å². The second-order valence-corrected chi connectivity index (χ2v) is 9.13. The Morgan fingerprint density at radius 3 is 1.97 bits per heavy atom. The number of rotatable bonds is 2. The van der Waals surface area contributed by atoms with Crippen molar-refractivity contribution in [1.82, 2.24) is 0 Å². The largest absolute Gasteiger partial charge is 0.392 e. The van der Waals surface area contributed by atoms with Gasteiger partial charge >= 0.3 is 0 Å². The van der Waals surface area contributed by atoms with Gasteiger partial charge in [0.2, 0.25) is 11.8 Å². The summed E-state index contributed by atoms with van der Waals surface area (Å²) in [6.45, 7) is 1.74. The average Bonchev–Trinajstić information content (AvgIpc) is 3.05. The Bertz CT molecular complexity index is 1200. The normalized spacial score (nSPS) is 28.9. The van der Waals surface area contributed by atoms with E-state index in [-0.39, 0.29) is 17.7 Å². The molecule has 31 heavy (non-hydrogen) atoms. The summed E-state index contributed by atoms with van der Waals surface area (Å²) in [7, 11) is 0. The van der Waals surface area contributed by atoms with Crippen molar-refractivity contribution in [2.45, 2.75) is 24.4 Å². The number of aliphatic hydroxyl groups is 1. The summed E-state index contributed by atoms with van der Waals surface area (Å²) in [6.07, 6.45) is -0.856. The number of halogens is 1. The number of amides is 2. The summed E-state index contributed by atoms with van der Waals surface area (Å²) >= 11 is 6.03. The van der Waals surface area contributed by atoms with Crippen molar-refractivity contribution in [3.05, 3.63) is 100 Å². The highest BCUT2D eigenvalue weighted by molar-refractivity contribution is 6.31. The van der Waals surface area contributed by atoms with Crippen molar-refractivity contribution in [3.63, 3.8) is 0 Å². The lowest BCUT2D eigenvalue weighted by atomic mass is 9.46. The maximum atomic E-state index is 13.9. The fourth-order valence-electron chi connectivity index (χ4n) is 6.38. The van der Waals surface area contributed by atoms with E-state index in [1.807, 2.05) is 48.5 Å². The topological polar surface area (TPSA) is 57.6 Å². The second-order valence-electron chi connectivity index (χ2n) is 8.69. The molecule has 0 saturated carbocycles. The van der Waals surface area contributed by atoms with Crippen LogP contribution in [0, 0.1) is 11.8 Å². The third-order valence-electron chi connectivity index (χ3n) is 7.43. The van der Waals surface area contributed by atoms with Crippen LogP contribution in [0.4, 0.5) is 5.69 Å². The zero-order valence-corrected chi connectivity index (χ0v) is 17.6. The lowest BCUT2D eigenvalue weighted by Gasteiger charge is -2.55. The summed E-state index contributed by atoms with van der Waals surface area (Å²) in [5.74, 6) is -1.90. The molecule has 2 amide bonds. The van der Waals surface area contributed by atoms with Crippen LogP contribution >= 0.6 is 11.6 Å². The molecule has 3 atom stereocenters. The van der Waals surface area contributed by atoms with Gasteiger partial charge in [-0.15, -0.1) is 0 Å². The third-order valence-corrected chi connectivity index (χ3v) is 7.68. The van der Waals surface area contributed by atoms with Crippen LogP contribution < -0.4 is 4.90 Å². The minimum absolute atomic E-state index is 0.212. The number of aliphatic hydroxyl groups excluding tert-OH is 1. The molecule has 5 heteroatoms. The van der Waals surface area contributed by atoms with Gasteiger partial charge in [0.15, 0.2) is 0 Å². The van der Waals surface area contributed by atoms with Gasteiger partial charge in [0.25, 0.3) is 0 Å². The minimum Gasteiger partial charge on any atom is -0.392 e. The summed E-state index contributed by atoms with van der Waals surface area (Å²) in [4.78, 5) is 29.0. The molecule has 1 N–H and O–H groups in total. The van der Waals surface area contributed by atoms with E-state index < -0.39 is 23.4 Å². The lowest BCUT2D eigenvalue weighted by Crippen LogP contribution is -2.58. The molecule has 0 spiro atoms. The van der Waals surface area contributed by atoms with E-state index in [9.17, 15) is 14.7 Å². The van der Waals surface area contributed by atoms with Gasteiger partial charge in [-0.1, -0.05) is 60.1 Å². The van der Waals surface area contributed by atoms with Crippen LogP contribution in [0.25, 0.3) is 0 Å². The van der Waals surface area contributed by atoms with E-state index >= 15 is 0 Å². The number of anilines is 1. The highest BCUT2D eigenvalue weighted by Crippen LogP contribution is 2.65. The van der Waals surface area contributed by atoms with E-state index in [0.717, 1.165) is 22.3 Å². The van der Waals surface area contributed by atoms with Crippen molar-refractivity contribution in [1.29, 1.82) is 0 Å². The average molecular weight is 430 g/mol. The Morgan fingerprint density at radius 1 is 0.871 bits per heavy atom. The first-order valence-electron chi connectivity index (χ1n) is 10.5. The van der Waals surface area contributed by atoms with Crippen molar-refractivity contribution in [2.24, 2.45) is 11.8 Å². The van der Waals surface area contributed by atoms with Crippen molar-refractivity contribution < 1.29 is 14.7 Å². The van der Waals surface area contributed by atoms with Crippen LogP contribution in [0.1, 0.15) is 35.1 Å². The van der Waals surface area contributed by atoms with Crippen LogP contribution in [0.15, 0.2) is 72.8 Å². The predicted octanol–water partition coefficient (Wildman–Crippen LogP) is 4.27. The molecule has 1 aliphatic heterocycles. The highest BCUT2D eigenvalue weighted by Gasteiger charge is 2.69. The molecule has 4 aliphatic rings. The highest BCUT2D eigenvalue weighted by atomic mass is 35.5. The molecule has 1 heterocycles. The maximum absolute atomic E-state index is 13.9. The molecule has 154 valence electrons. The van der Waals surface area contributed by atoms with Crippen LogP contribution in [0.2, 0.25) is 5.02 Å². The van der Waals surface area contributed by atoms with Gasteiger partial charge in [-0.05, 0) is 53.4 Å². The van der Waals surface area contributed by atoms with E-state index in [1.165, 1.54) is 4.90 Å². The lowest BCUT2D eigenvalue weighted by molar-refractivity contribution is -0.126. The summed E-state index contributed by atoms with van der Waals surface area (Å²) < 4.78 is 0. The van der Waals surface area contributed by atoms with Crippen LogP contribution in [0.3, 0.4) is 0 Å². The number of nitrogens with zero attached hydrogens (tertiary/aromatic N) is 1. The number of carbonyl (C=O) groups excluding carboxylic acids is 2. The Morgan fingerprint density at radius 2 is 1.42 bits per heavy atom. The molecule has 7 rings (SSSR count). The smallest absolute Gasteiger partial charge is 0.239 e. The first-order valence-corrected chi connectivity index (χ1v) is 10.9. The Kier molecular flexibility index (Phi) is 3.81. The first kappa shape index (κ1) is 18.8. The fourth-order valence-corrected chi connectivity index (χ4v) is 6.51. The molecule has 2 bridgehead atoms. The number of hydrogen-bond acceptors (Lipinski definition) is 3. The SMILES string of the molecule is C[C@H](O)C12c3ccccc3C(c3ccccc31)[C@@H]1C(=O)N(c3ccc(Cl)cc3)C(=O)[C@@H]12. The van der Waals surface area contributed by atoms with Crippen molar-refractivity contribution in [2.75, 3.05) is 4.90 Å². The molecule has 4 nitrogen and oxygen atoms in total. The van der Waals surface area contributed by atoms with Crippen LogP contribution in [-0.4, -0.2) is 23.0 Å². The van der Waals surface area contributed by atoms with Crippen molar-refractivity contribution >= 4 is 29.1 Å². The number of benzene rings is 3. The fraction of sp³-hybridized carbons (Fsp3) is 0.231. The zero-order chi connectivity index (χ0) is 21.5. The molecule has 0 radical (unpaired) electrons. The van der Waals surface area contributed by atoms with E-state index in [4.69, 9.17) is 11.6 Å². The zero-order valence-electron chi connectivity index (χ0n) is 16.8. The van der Waals surface area contributed by atoms with E-state index in [0.29, 0.717) is 10.7 Å². The van der Waals surface area contributed by atoms with Gasteiger partial charge in [-0.25, -0.2) is 4.90 Å². The van der Waals surface area contributed by atoms with Crippen LogP contribution in [-0.2, 0) is 15.0 Å². The summed E-state index contributed by atoms with van der Waals surface area (Å²) in [5, 5.41) is 11.8. The Labute approximate surface area is 185 Å². The number of carbonyl (C=O) groups is 2. The van der Waals surface area contributed by atoms with Gasteiger partial charge in [0.1, 0.15) is 0 Å². The van der Waals surface area contributed by atoms with Gasteiger partial charge in [-0.3, -0.25) is 9.59 Å². The second kappa shape index (κ2) is 6.28. The molecule has 3 aromatic rings. The van der Waals surface area contributed by atoms with Gasteiger partial charge in [0.05, 0.1) is 29.0 Å². The Balaban J connectivity index is 1.66. The number of imide groups is 1. The van der Waals surface area contributed by atoms with Gasteiger partial charge < -0.3 is 5.11 Å². The molecular weight excluding hydrogens is 410 g/mol. The summed E-state index contributed by atoms with van der Waals surface area (Å²) in [6, 6.07) is 22.7. The van der Waals surface area contributed by atoms with Gasteiger partial charge in [-0.2, -0.15) is 0 Å². The Hall–Kier alpha value is -2.95. The third kappa shape index (κ3) is 2.14. The maximum Gasteiger partial charge on any atom is 0.239 e. The predicted molar refractivity (Wildman–Crippen MR) is 118 cm³/mol. The first-order chi connectivity index (χ1) is 15.0. The molecule has 1 fully saturated rings. The quantitative estimate of drug-likeness (QED) is 0.619. The van der Waals surface area contributed by atoms with Crippen molar-refractivity contribution in [3.8, 4) is 0 Å². The minimum atomic E-state index is -0.972. The molecule has 3 aliphatic carbocycles.